The van der Waals surface area contributed by atoms with Gasteiger partial charge in [0.2, 0.25) is 11.6 Å². The summed E-state index contributed by atoms with van der Waals surface area (Å²) in [6.07, 6.45) is 3.50. The molecule has 3 rings (SSSR count). The van der Waals surface area contributed by atoms with E-state index in [9.17, 15) is 9.59 Å². The second-order valence-corrected chi connectivity index (χ2v) is 6.40. The van der Waals surface area contributed by atoms with Crippen LogP contribution in [-0.2, 0) is 17.8 Å². The van der Waals surface area contributed by atoms with Crippen molar-refractivity contribution >= 4 is 17.0 Å². The van der Waals surface area contributed by atoms with Crippen molar-refractivity contribution in [2.24, 2.45) is 0 Å². The molecule has 0 spiro atoms. The number of furan rings is 1. The summed E-state index contributed by atoms with van der Waals surface area (Å²) in [7, 11) is 0. The third kappa shape index (κ3) is 4.02. The molecule has 2 heterocycles. The molecule has 1 N–H and O–H groups in total. The van der Waals surface area contributed by atoms with E-state index < -0.39 is 0 Å². The summed E-state index contributed by atoms with van der Waals surface area (Å²) in [5.41, 5.74) is 2.25. The molecule has 0 saturated carbocycles. The fourth-order valence-electron chi connectivity index (χ4n) is 2.90. The molecule has 6 heteroatoms. The van der Waals surface area contributed by atoms with Gasteiger partial charge in [-0.25, -0.2) is 4.98 Å². The molecule has 26 heavy (non-hydrogen) atoms. The van der Waals surface area contributed by atoms with E-state index in [0.29, 0.717) is 29.9 Å². The smallest absolute Gasteiger partial charge is 0.264 e. The minimum atomic E-state index is -0.166. The van der Waals surface area contributed by atoms with Crippen LogP contribution in [0.3, 0.4) is 0 Å². The van der Waals surface area contributed by atoms with Gasteiger partial charge in [-0.2, -0.15) is 0 Å². The van der Waals surface area contributed by atoms with Crippen LogP contribution in [0.4, 0.5) is 0 Å². The van der Waals surface area contributed by atoms with Crippen LogP contribution in [-0.4, -0.2) is 22.0 Å². The lowest BCUT2D eigenvalue weighted by Gasteiger charge is -2.07. The van der Waals surface area contributed by atoms with Crippen LogP contribution in [0.5, 0.6) is 0 Å². The SMILES string of the molecule is Cc1oc2ncn(CCC(=O)NCCCc3ccccc3)c(=O)c2c1C. The number of carbonyl (C=O) groups is 1. The number of rotatable bonds is 7. The Hall–Kier alpha value is -2.89. The number of carbonyl (C=O) groups excluding carboxylic acids is 1. The molecule has 0 bridgehead atoms. The van der Waals surface area contributed by atoms with Gasteiger partial charge in [0, 0.05) is 25.1 Å². The lowest BCUT2D eigenvalue weighted by Crippen LogP contribution is -2.28. The average molecular weight is 353 g/mol. The highest BCUT2D eigenvalue weighted by molar-refractivity contribution is 5.77. The Bertz CT molecular complexity index is 958. The molecule has 6 nitrogen and oxygen atoms in total. The van der Waals surface area contributed by atoms with Gasteiger partial charge in [0.25, 0.3) is 5.56 Å². The lowest BCUT2D eigenvalue weighted by atomic mass is 10.1. The van der Waals surface area contributed by atoms with Crippen molar-refractivity contribution in [3.8, 4) is 0 Å². The quantitative estimate of drug-likeness (QED) is 0.663. The molecule has 0 aliphatic heterocycles. The molecule has 3 aromatic rings. The predicted octanol–water partition coefficient (Wildman–Crippen LogP) is 2.75. The van der Waals surface area contributed by atoms with E-state index in [2.05, 4.69) is 22.4 Å². The van der Waals surface area contributed by atoms with E-state index in [1.807, 2.05) is 32.0 Å². The first kappa shape index (κ1) is 17.9. The summed E-state index contributed by atoms with van der Waals surface area (Å²) < 4.78 is 6.92. The van der Waals surface area contributed by atoms with Crippen LogP contribution in [0.2, 0.25) is 0 Å². The molecule has 0 aliphatic carbocycles. The Morgan fingerprint density at radius 2 is 2.00 bits per heavy atom. The molecule has 1 aromatic carbocycles. The molecule has 2 aromatic heterocycles. The summed E-state index contributed by atoms with van der Waals surface area (Å²) in [4.78, 5) is 28.7. The maximum atomic E-state index is 12.5. The summed E-state index contributed by atoms with van der Waals surface area (Å²) >= 11 is 0. The molecule has 0 atom stereocenters. The van der Waals surface area contributed by atoms with Crippen molar-refractivity contribution in [1.82, 2.24) is 14.9 Å². The van der Waals surface area contributed by atoms with Gasteiger partial charge >= 0.3 is 0 Å². The Kier molecular flexibility index (Phi) is 5.51. The first-order valence-electron chi connectivity index (χ1n) is 8.82. The van der Waals surface area contributed by atoms with Crippen LogP contribution in [0.15, 0.2) is 45.9 Å². The summed E-state index contributed by atoms with van der Waals surface area (Å²) in [6, 6.07) is 10.2. The number of aromatic nitrogens is 2. The Morgan fingerprint density at radius 1 is 1.23 bits per heavy atom. The van der Waals surface area contributed by atoms with Gasteiger partial charge in [-0.15, -0.1) is 0 Å². The number of nitrogens with zero attached hydrogens (tertiary/aromatic N) is 2. The summed E-state index contributed by atoms with van der Waals surface area (Å²) in [6.45, 7) is 4.58. The topological polar surface area (TPSA) is 77.1 Å². The maximum absolute atomic E-state index is 12.5. The Labute approximate surface area is 151 Å². The molecule has 0 aliphatic rings. The third-order valence-electron chi connectivity index (χ3n) is 4.54. The number of benzene rings is 1. The highest BCUT2D eigenvalue weighted by Crippen LogP contribution is 2.19. The second kappa shape index (κ2) is 7.99. The standard InChI is InChI=1S/C20H23N3O3/c1-14-15(2)26-19-18(14)20(25)23(13-22-19)12-10-17(24)21-11-6-9-16-7-4-3-5-8-16/h3-5,7-8,13H,6,9-12H2,1-2H3,(H,21,24). The van der Waals surface area contributed by atoms with Crippen molar-refractivity contribution in [2.45, 2.75) is 39.7 Å². The van der Waals surface area contributed by atoms with E-state index in [1.54, 1.807) is 0 Å². The largest absolute Gasteiger partial charge is 0.443 e. The number of hydrogen-bond donors (Lipinski definition) is 1. The van der Waals surface area contributed by atoms with Gasteiger partial charge in [0.1, 0.15) is 17.5 Å². The lowest BCUT2D eigenvalue weighted by molar-refractivity contribution is -0.121. The van der Waals surface area contributed by atoms with Crippen LogP contribution >= 0.6 is 0 Å². The average Bonchev–Trinajstić information content (AvgIpc) is 2.94. The molecule has 136 valence electrons. The van der Waals surface area contributed by atoms with E-state index in [-0.39, 0.29) is 17.9 Å². The fourth-order valence-corrected chi connectivity index (χ4v) is 2.90. The van der Waals surface area contributed by atoms with E-state index in [4.69, 9.17) is 4.42 Å². The van der Waals surface area contributed by atoms with Crippen LogP contribution in [0, 0.1) is 13.8 Å². The summed E-state index contributed by atoms with van der Waals surface area (Å²) in [5.74, 6) is 0.628. The first-order valence-corrected chi connectivity index (χ1v) is 8.82. The van der Waals surface area contributed by atoms with E-state index in [0.717, 1.165) is 18.4 Å². The van der Waals surface area contributed by atoms with Crippen molar-refractivity contribution in [1.29, 1.82) is 0 Å². The zero-order chi connectivity index (χ0) is 18.5. The van der Waals surface area contributed by atoms with Crippen LogP contribution in [0.25, 0.3) is 11.1 Å². The van der Waals surface area contributed by atoms with Crippen molar-refractivity contribution < 1.29 is 9.21 Å². The summed E-state index contributed by atoms with van der Waals surface area (Å²) in [5, 5.41) is 3.40. The predicted molar refractivity (Wildman–Crippen MR) is 100 cm³/mol. The molecule has 0 saturated heterocycles. The molecule has 1 amide bonds. The molecule has 0 unspecified atom stereocenters. The number of hydrogen-bond acceptors (Lipinski definition) is 4. The zero-order valence-electron chi connectivity index (χ0n) is 15.1. The monoisotopic (exact) mass is 353 g/mol. The van der Waals surface area contributed by atoms with Gasteiger partial charge < -0.3 is 9.73 Å². The molecule has 0 radical (unpaired) electrons. The number of nitrogens with one attached hydrogen (secondary N) is 1. The highest BCUT2D eigenvalue weighted by atomic mass is 16.3. The highest BCUT2D eigenvalue weighted by Gasteiger charge is 2.14. The van der Waals surface area contributed by atoms with Crippen molar-refractivity contribution in [3.63, 3.8) is 0 Å². The van der Waals surface area contributed by atoms with Gasteiger partial charge in [-0.05, 0) is 32.3 Å². The van der Waals surface area contributed by atoms with Crippen molar-refractivity contribution in [3.05, 3.63) is 63.9 Å². The van der Waals surface area contributed by atoms with Gasteiger partial charge in [-0.1, -0.05) is 30.3 Å². The minimum Gasteiger partial charge on any atom is -0.443 e. The molecular weight excluding hydrogens is 330 g/mol. The minimum absolute atomic E-state index is 0.0647. The van der Waals surface area contributed by atoms with Gasteiger partial charge in [0.15, 0.2) is 0 Å². The fraction of sp³-hybridized carbons (Fsp3) is 0.350. The van der Waals surface area contributed by atoms with Crippen LogP contribution in [0.1, 0.15) is 29.7 Å². The normalized spacial score (nSPS) is 11.0. The van der Waals surface area contributed by atoms with Crippen LogP contribution < -0.4 is 10.9 Å². The Balaban J connectivity index is 1.50. The molecule has 0 fully saturated rings. The Morgan fingerprint density at radius 3 is 2.77 bits per heavy atom. The zero-order valence-corrected chi connectivity index (χ0v) is 15.1. The number of aryl methyl sites for hydroxylation is 4. The third-order valence-corrected chi connectivity index (χ3v) is 4.54. The second-order valence-electron chi connectivity index (χ2n) is 6.40. The van der Waals surface area contributed by atoms with E-state index >= 15 is 0 Å². The number of fused-ring (bicyclic) bond motifs is 1. The van der Waals surface area contributed by atoms with Crippen molar-refractivity contribution in [2.75, 3.05) is 6.54 Å². The molecular formula is C20H23N3O3. The number of amides is 1. The van der Waals surface area contributed by atoms with Gasteiger partial charge in [-0.3, -0.25) is 14.2 Å². The maximum Gasteiger partial charge on any atom is 0.264 e. The van der Waals surface area contributed by atoms with E-state index in [1.165, 1.54) is 16.5 Å². The first-order chi connectivity index (χ1) is 12.6. The van der Waals surface area contributed by atoms with Gasteiger partial charge in [0.05, 0.1) is 0 Å².